The lowest BCUT2D eigenvalue weighted by Gasteiger charge is -2.40. The van der Waals surface area contributed by atoms with Gasteiger partial charge in [-0.25, -0.2) is 4.98 Å². The first kappa shape index (κ1) is 28.9. The molecule has 0 spiro atoms. The molecule has 0 unspecified atom stereocenters. The molecule has 0 amide bonds. The predicted octanol–water partition coefficient (Wildman–Crippen LogP) is 10.7. The Morgan fingerprint density at radius 1 is 0.542 bits per heavy atom. The number of rotatable bonds is 6. The largest absolute Gasteiger partial charge is 0.497 e. The summed E-state index contributed by atoms with van der Waals surface area (Å²) in [6, 6.07) is 51.6. The Hall–Kier alpha value is -6.58. The second-order valence-corrected chi connectivity index (χ2v) is 11.5. The minimum absolute atomic E-state index is 0.600. The first-order valence-corrected chi connectivity index (χ1v) is 15.7. The van der Waals surface area contributed by atoms with E-state index in [9.17, 15) is 5.26 Å². The average molecular weight is 623 g/mol. The third kappa shape index (κ3) is 4.86. The van der Waals surface area contributed by atoms with Gasteiger partial charge in [0, 0.05) is 22.7 Å². The Kier molecular flexibility index (Phi) is 7.20. The maximum Gasteiger partial charge on any atom is 0.123 e. The molecule has 0 atom stereocenters. The minimum atomic E-state index is 0.600. The van der Waals surface area contributed by atoms with Crippen molar-refractivity contribution in [2.45, 2.75) is 0 Å². The van der Waals surface area contributed by atoms with Crippen LogP contribution in [0.4, 0.5) is 34.1 Å². The minimum Gasteiger partial charge on any atom is -0.497 e. The fourth-order valence-electron chi connectivity index (χ4n) is 6.54. The lowest BCUT2D eigenvalue weighted by atomic mass is 9.96. The Morgan fingerprint density at radius 3 is 1.69 bits per heavy atom. The van der Waals surface area contributed by atoms with Crippen molar-refractivity contribution >= 4 is 45.0 Å². The summed E-state index contributed by atoms with van der Waals surface area (Å²) < 4.78 is 11.4. The normalized spacial score (nSPS) is 11.9. The fraction of sp³-hybridized carbons (Fsp3) is 0.0476. The molecule has 1 aromatic heterocycles. The van der Waals surface area contributed by atoms with Crippen LogP contribution < -0.4 is 19.3 Å². The molecule has 1 aliphatic rings. The Bertz CT molecular complexity index is 2280. The number of methoxy groups -OCH3 is 2. The van der Waals surface area contributed by atoms with Crippen LogP contribution in [0, 0.1) is 11.3 Å². The van der Waals surface area contributed by atoms with E-state index >= 15 is 0 Å². The Labute approximate surface area is 279 Å². The van der Waals surface area contributed by atoms with Gasteiger partial charge in [-0.1, -0.05) is 66.7 Å². The van der Waals surface area contributed by atoms with E-state index < -0.39 is 0 Å². The number of ether oxygens (including phenoxy) is 2. The first-order valence-electron chi connectivity index (χ1n) is 15.7. The SMILES string of the molecule is COc1cc(OC)cc(-c2cc(-c3ccc(C#N)cc3)nc3c(N4c5ccccc5N(c5ccccc5)c5ccccc54)cccc23)c1. The molecule has 0 saturated carbocycles. The molecule has 0 radical (unpaired) electrons. The third-order valence-electron chi connectivity index (χ3n) is 8.77. The van der Waals surface area contributed by atoms with Gasteiger partial charge in [-0.2, -0.15) is 5.26 Å². The third-order valence-corrected chi connectivity index (χ3v) is 8.77. The van der Waals surface area contributed by atoms with Gasteiger partial charge in [0.15, 0.2) is 0 Å². The van der Waals surface area contributed by atoms with Crippen LogP contribution in [0.5, 0.6) is 11.5 Å². The van der Waals surface area contributed by atoms with Gasteiger partial charge in [-0.05, 0) is 83.9 Å². The number of fused-ring (bicyclic) bond motifs is 3. The highest BCUT2D eigenvalue weighted by Crippen LogP contribution is 2.55. The van der Waals surface area contributed by atoms with Crippen LogP contribution in [0.2, 0.25) is 0 Å². The van der Waals surface area contributed by atoms with Gasteiger partial charge >= 0.3 is 0 Å². The van der Waals surface area contributed by atoms with Gasteiger partial charge in [0.25, 0.3) is 0 Å². The molecule has 48 heavy (non-hydrogen) atoms. The second-order valence-electron chi connectivity index (χ2n) is 11.5. The number of aromatic nitrogens is 1. The van der Waals surface area contributed by atoms with E-state index in [4.69, 9.17) is 14.5 Å². The Morgan fingerprint density at radius 2 is 1.10 bits per heavy atom. The highest BCUT2D eigenvalue weighted by atomic mass is 16.5. The number of hydrogen-bond acceptors (Lipinski definition) is 6. The summed E-state index contributed by atoms with van der Waals surface area (Å²) in [7, 11) is 3.32. The lowest BCUT2D eigenvalue weighted by Crippen LogP contribution is -2.24. The molecule has 6 aromatic carbocycles. The topological polar surface area (TPSA) is 61.6 Å². The predicted molar refractivity (Wildman–Crippen MR) is 193 cm³/mol. The highest BCUT2D eigenvalue weighted by Gasteiger charge is 2.31. The van der Waals surface area contributed by atoms with Crippen molar-refractivity contribution < 1.29 is 9.47 Å². The summed E-state index contributed by atoms with van der Waals surface area (Å²) in [5.74, 6) is 1.40. The smallest absolute Gasteiger partial charge is 0.123 e. The van der Waals surface area contributed by atoms with Gasteiger partial charge < -0.3 is 19.3 Å². The van der Waals surface area contributed by atoms with Gasteiger partial charge in [-0.3, -0.25) is 0 Å². The average Bonchev–Trinajstić information content (AvgIpc) is 3.16. The molecule has 1 aliphatic heterocycles. The Balaban J connectivity index is 1.42. The molecule has 0 aliphatic carbocycles. The zero-order valence-corrected chi connectivity index (χ0v) is 26.5. The molecule has 8 rings (SSSR count). The van der Waals surface area contributed by atoms with Crippen molar-refractivity contribution in [1.82, 2.24) is 4.98 Å². The first-order chi connectivity index (χ1) is 23.7. The van der Waals surface area contributed by atoms with Crippen molar-refractivity contribution in [2.24, 2.45) is 0 Å². The van der Waals surface area contributed by atoms with Gasteiger partial charge in [0.05, 0.1) is 65.5 Å². The second kappa shape index (κ2) is 12.0. The molecule has 0 N–H and O–H groups in total. The quantitative estimate of drug-likeness (QED) is 0.184. The maximum atomic E-state index is 9.47. The van der Waals surface area contributed by atoms with Crippen molar-refractivity contribution in [3.05, 3.63) is 151 Å². The van der Waals surface area contributed by atoms with Crippen LogP contribution in [0.3, 0.4) is 0 Å². The molecular weight excluding hydrogens is 592 g/mol. The number of anilines is 6. The van der Waals surface area contributed by atoms with Crippen molar-refractivity contribution in [3.8, 4) is 40.0 Å². The monoisotopic (exact) mass is 622 g/mol. The lowest BCUT2D eigenvalue weighted by molar-refractivity contribution is 0.394. The molecule has 0 saturated heterocycles. The zero-order valence-electron chi connectivity index (χ0n) is 26.5. The number of para-hydroxylation sites is 6. The summed E-state index contributed by atoms with van der Waals surface area (Å²) in [5.41, 5.74) is 11.3. The van der Waals surface area contributed by atoms with Crippen LogP contribution in [0.1, 0.15) is 5.56 Å². The fourth-order valence-corrected chi connectivity index (χ4v) is 6.54. The molecule has 0 bridgehead atoms. The summed E-state index contributed by atoms with van der Waals surface area (Å²) in [4.78, 5) is 10.0. The number of nitriles is 1. The molecule has 230 valence electrons. The van der Waals surface area contributed by atoms with E-state index in [1.54, 1.807) is 14.2 Å². The van der Waals surface area contributed by atoms with E-state index in [0.29, 0.717) is 17.1 Å². The van der Waals surface area contributed by atoms with E-state index in [1.165, 1.54) is 0 Å². The van der Waals surface area contributed by atoms with Crippen LogP contribution in [-0.2, 0) is 0 Å². The van der Waals surface area contributed by atoms with Gasteiger partial charge in [-0.15, -0.1) is 0 Å². The van der Waals surface area contributed by atoms with Gasteiger partial charge in [0.2, 0.25) is 0 Å². The van der Waals surface area contributed by atoms with Crippen molar-refractivity contribution in [2.75, 3.05) is 24.0 Å². The summed E-state index contributed by atoms with van der Waals surface area (Å²) in [6.07, 6.45) is 0. The number of nitrogens with zero attached hydrogens (tertiary/aromatic N) is 4. The summed E-state index contributed by atoms with van der Waals surface area (Å²) in [6.45, 7) is 0. The zero-order chi connectivity index (χ0) is 32.6. The number of benzene rings is 6. The summed E-state index contributed by atoms with van der Waals surface area (Å²) >= 11 is 0. The van der Waals surface area contributed by atoms with Gasteiger partial charge in [0.1, 0.15) is 11.5 Å². The summed E-state index contributed by atoms with van der Waals surface area (Å²) in [5, 5.41) is 10.5. The van der Waals surface area contributed by atoms with Crippen molar-refractivity contribution in [3.63, 3.8) is 0 Å². The number of pyridine rings is 1. The van der Waals surface area contributed by atoms with Crippen LogP contribution in [0.25, 0.3) is 33.3 Å². The van der Waals surface area contributed by atoms with E-state index in [-0.39, 0.29) is 0 Å². The maximum absolute atomic E-state index is 9.47. The van der Waals surface area contributed by atoms with E-state index in [0.717, 1.165) is 67.4 Å². The highest BCUT2D eigenvalue weighted by molar-refractivity contribution is 6.09. The molecule has 6 heteroatoms. The van der Waals surface area contributed by atoms with E-state index in [1.807, 2.05) is 48.5 Å². The van der Waals surface area contributed by atoms with Crippen molar-refractivity contribution in [1.29, 1.82) is 5.26 Å². The van der Waals surface area contributed by atoms with E-state index in [2.05, 4.69) is 113 Å². The van der Waals surface area contributed by atoms with Crippen LogP contribution in [-0.4, -0.2) is 19.2 Å². The molecule has 6 nitrogen and oxygen atoms in total. The standard InChI is InChI=1S/C42H30N4O2/c1-47-32-23-30(24-33(25-32)48-2)35-26-36(29-21-19-28(27-43)20-22-29)44-42-34(35)13-10-18-41(42)46-39-16-8-6-14-37(39)45(31-11-4-3-5-12-31)38-15-7-9-17-40(38)46/h3-26H,1-2H3. The van der Waals surface area contributed by atoms with Crippen LogP contribution in [0.15, 0.2) is 146 Å². The molecule has 0 fully saturated rings. The molecule has 7 aromatic rings. The number of hydrogen-bond donors (Lipinski definition) is 0. The molecule has 2 heterocycles. The van der Waals surface area contributed by atoms with Crippen LogP contribution >= 0.6 is 0 Å². The molecular formula is C42H30N4O2.